The van der Waals surface area contributed by atoms with E-state index in [0.717, 1.165) is 38.0 Å². The molecule has 5 nitrogen and oxygen atoms in total. The highest BCUT2D eigenvalue weighted by Crippen LogP contribution is 2.38. The van der Waals surface area contributed by atoms with Crippen LogP contribution in [0.4, 0.5) is 0 Å². The number of hydrogen-bond acceptors (Lipinski definition) is 5. The van der Waals surface area contributed by atoms with E-state index in [1.807, 2.05) is 12.1 Å². The Morgan fingerprint density at radius 2 is 1.50 bits per heavy atom. The lowest BCUT2D eigenvalue weighted by Gasteiger charge is -2.30. The molecule has 0 aromatic heterocycles. The Kier molecular flexibility index (Phi) is 9.60. The molecule has 1 saturated heterocycles. The monoisotopic (exact) mass is 352 g/mol. The smallest absolute Gasteiger partial charge is 0.203 e. The molecule has 2 N–H and O–H groups in total. The minimum atomic E-state index is 0. The Labute approximate surface area is 144 Å². The number of nitrogens with zero attached hydrogens (tertiary/aromatic N) is 1. The Hall–Kier alpha value is -0.880. The minimum Gasteiger partial charge on any atom is -0.493 e. The first-order chi connectivity index (χ1) is 9.67. The van der Waals surface area contributed by atoms with Crippen LogP contribution >= 0.6 is 24.8 Å². The summed E-state index contributed by atoms with van der Waals surface area (Å²) in [7, 11) is 4.90. The van der Waals surface area contributed by atoms with Crippen molar-refractivity contribution >= 4 is 24.8 Å². The number of nitrogens with two attached hydrogens (primary N) is 1. The van der Waals surface area contributed by atoms with Gasteiger partial charge in [0.05, 0.1) is 21.3 Å². The van der Waals surface area contributed by atoms with Crippen molar-refractivity contribution < 1.29 is 14.2 Å². The Morgan fingerprint density at radius 3 is 1.91 bits per heavy atom. The molecule has 0 atom stereocenters. The third-order valence-electron chi connectivity index (χ3n) is 3.76. The summed E-state index contributed by atoms with van der Waals surface area (Å²) in [6.07, 6.45) is 2.12. The molecular weight excluding hydrogens is 327 g/mol. The Balaban J connectivity index is 0.00000220. The third kappa shape index (κ3) is 5.09. The van der Waals surface area contributed by atoms with Gasteiger partial charge in [-0.15, -0.1) is 24.8 Å². The SMILES string of the molecule is COc1cc(CN2CCC(N)CC2)cc(OC)c1OC.Cl.Cl. The molecule has 1 fully saturated rings. The van der Waals surface area contributed by atoms with Gasteiger partial charge in [0.25, 0.3) is 0 Å². The largest absolute Gasteiger partial charge is 0.493 e. The van der Waals surface area contributed by atoms with E-state index < -0.39 is 0 Å². The van der Waals surface area contributed by atoms with Gasteiger partial charge in [-0.1, -0.05) is 0 Å². The van der Waals surface area contributed by atoms with E-state index in [2.05, 4.69) is 4.90 Å². The van der Waals surface area contributed by atoms with Crippen molar-refractivity contribution in [2.75, 3.05) is 34.4 Å². The first-order valence-corrected chi connectivity index (χ1v) is 6.94. The van der Waals surface area contributed by atoms with Crippen LogP contribution in [-0.4, -0.2) is 45.4 Å². The van der Waals surface area contributed by atoms with Crippen molar-refractivity contribution in [3.8, 4) is 17.2 Å². The fourth-order valence-electron chi connectivity index (χ4n) is 2.60. The summed E-state index contributed by atoms with van der Waals surface area (Å²) in [5.41, 5.74) is 7.10. The van der Waals surface area contributed by atoms with Crippen LogP contribution in [0.1, 0.15) is 18.4 Å². The first-order valence-electron chi connectivity index (χ1n) is 6.94. The number of piperidine rings is 1. The molecule has 0 aliphatic carbocycles. The molecule has 1 aromatic rings. The summed E-state index contributed by atoms with van der Waals surface area (Å²) in [6, 6.07) is 4.37. The molecule has 1 aromatic carbocycles. The highest BCUT2D eigenvalue weighted by Gasteiger charge is 2.18. The van der Waals surface area contributed by atoms with Gasteiger partial charge < -0.3 is 19.9 Å². The standard InChI is InChI=1S/C15H24N2O3.2ClH/c1-18-13-8-11(9-14(19-2)15(13)20-3)10-17-6-4-12(16)5-7-17;;/h8-9,12H,4-7,10,16H2,1-3H3;2*1H. The average molecular weight is 353 g/mol. The minimum absolute atomic E-state index is 0. The number of methoxy groups -OCH3 is 3. The molecule has 1 aliphatic rings. The molecule has 7 heteroatoms. The fourth-order valence-corrected chi connectivity index (χ4v) is 2.60. The second-order valence-corrected chi connectivity index (χ2v) is 5.15. The summed E-state index contributed by atoms with van der Waals surface area (Å²) in [6.45, 7) is 2.96. The van der Waals surface area contributed by atoms with E-state index in [0.29, 0.717) is 23.3 Å². The lowest BCUT2D eigenvalue weighted by atomic mass is 10.0. The van der Waals surface area contributed by atoms with E-state index in [1.165, 1.54) is 0 Å². The van der Waals surface area contributed by atoms with Gasteiger partial charge in [-0.3, -0.25) is 4.90 Å². The van der Waals surface area contributed by atoms with E-state index >= 15 is 0 Å². The second-order valence-electron chi connectivity index (χ2n) is 5.15. The molecule has 0 unspecified atom stereocenters. The van der Waals surface area contributed by atoms with Gasteiger partial charge in [0.15, 0.2) is 11.5 Å². The number of hydrogen-bond donors (Lipinski definition) is 1. The summed E-state index contributed by atoms with van der Waals surface area (Å²) in [4.78, 5) is 2.41. The van der Waals surface area contributed by atoms with Crippen LogP contribution in [0.15, 0.2) is 12.1 Å². The summed E-state index contributed by atoms with van der Waals surface area (Å²) >= 11 is 0. The molecule has 1 aliphatic heterocycles. The first kappa shape index (κ1) is 21.1. The van der Waals surface area contributed by atoms with E-state index in [1.54, 1.807) is 21.3 Å². The molecule has 0 amide bonds. The maximum Gasteiger partial charge on any atom is 0.203 e. The molecule has 0 bridgehead atoms. The fraction of sp³-hybridized carbons (Fsp3) is 0.600. The predicted octanol–water partition coefficient (Wildman–Crippen LogP) is 2.48. The van der Waals surface area contributed by atoms with Crippen molar-refractivity contribution in [3.63, 3.8) is 0 Å². The van der Waals surface area contributed by atoms with E-state index in [4.69, 9.17) is 19.9 Å². The Morgan fingerprint density at radius 1 is 1.00 bits per heavy atom. The molecule has 0 saturated carbocycles. The van der Waals surface area contributed by atoms with Crippen LogP contribution in [0.2, 0.25) is 0 Å². The van der Waals surface area contributed by atoms with Gasteiger partial charge in [0.1, 0.15) is 0 Å². The van der Waals surface area contributed by atoms with Gasteiger partial charge in [-0.05, 0) is 43.6 Å². The molecular formula is C15H26Cl2N2O3. The molecule has 1 heterocycles. The summed E-state index contributed by atoms with van der Waals surface area (Å²) in [5, 5.41) is 0. The zero-order valence-electron chi connectivity index (χ0n) is 13.3. The van der Waals surface area contributed by atoms with Crippen molar-refractivity contribution in [1.82, 2.24) is 4.90 Å². The number of rotatable bonds is 5. The zero-order chi connectivity index (χ0) is 14.5. The summed E-state index contributed by atoms with van der Waals surface area (Å²) in [5.74, 6) is 2.05. The maximum absolute atomic E-state index is 5.94. The second kappa shape index (κ2) is 10.0. The van der Waals surface area contributed by atoms with Crippen LogP contribution < -0.4 is 19.9 Å². The normalized spacial score (nSPS) is 15.5. The van der Waals surface area contributed by atoms with Crippen LogP contribution in [0.3, 0.4) is 0 Å². The van der Waals surface area contributed by atoms with Crippen LogP contribution in [0.25, 0.3) is 0 Å². The number of ether oxygens (including phenoxy) is 3. The zero-order valence-corrected chi connectivity index (χ0v) is 15.0. The quantitative estimate of drug-likeness (QED) is 0.881. The van der Waals surface area contributed by atoms with Crippen molar-refractivity contribution in [2.45, 2.75) is 25.4 Å². The molecule has 0 spiro atoms. The summed E-state index contributed by atoms with van der Waals surface area (Å²) < 4.78 is 16.1. The van der Waals surface area contributed by atoms with Gasteiger partial charge >= 0.3 is 0 Å². The molecule has 0 radical (unpaired) electrons. The Bertz CT molecular complexity index is 427. The molecule has 128 valence electrons. The number of halogens is 2. The van der Waals surface area contributed by atoms with Crippen molar-refractivity contribution in [1.29, 1.82) is 0 Å². The van der Waals surface area contributed by atoms with Gasteiger partial charge in [0.2, 0.25) is 5.75 Å². The highest BCUT2D eigenvalue weighted by atomic mass is 35.5. The molecule has 22 heavy (non-hydrogen) atoms. The lowest BCUT2D eigenvalue weighted by Crippen LogP contribution is -2.39. The predicted molar refractivity (Wildman–Crippen MR) is 93.1 cm³/mol. The number of benzene rings is 1. The third-order valence-corrected chi connectivity index (χ3v) is 3.76. The van der Waals surface area contributed by atoms with Crippen molar-refractivity contribution in [3.05, 3.63) is 17.7 Å². The van der Waals surface area contributed by atoms with E-state index in [-0.39, 0.29) is 24.8 Å². The average Bonchev–Trinajstić information content (AvgIpc) is 2.48. The van der Waals surface area contributed by atoms with Crippen LogP contribution in [0, 0.1) is 0 Å². The highest BCUT2D eigenvalue weighted by molar-refractivity contribution is 5.85. The number of likely N-dealkylation sites (tertiary alicyclic amines) is 1. The van der Waals surface area contributed by atoms with Crippen LogP contribution in [-0.2, 0) is 6.54 Å². The van der Waals surface area contributed by atoms with Gasteiger partial charge in [-0.25, -0.2) is 0 Å². The van der Waals surface area contributed by atoms with Crippen LogP contribution in [0.5, 0.6) is 17.2 Å². The van der Waals surface area contributed by atoms with Gasteiger partial charge in [0, 0.05) is 12.6 Å². The topological polar surface area (TPSA) is 57.0 Å². The lowest BCUT2D eigenvalue weighted by molar-refractivity contribution is 0.205. The van der Waals surface area contributed by atoms with Gasteiger partial charge in [-0.2, -0.15) is 0 Å². The van der Waals surface area contributed by atoms with E-state index in [9.17, 15) is 0 Å². The van der Waals surface area contributed by atoms with Crippen molar-refractivity contribution in [2.24, 2.45) is 5.73 Å². The molecule has 2 rings (SSSR count). The maximum atomic E-state index is 5.94.